The lowest BCUT2D eigenvalue weighted by Gasteiger charge is -2.17. The number of carbonyl (C=O) groups is 2. The summed E-state index contributed by atoms with van der Waals surface area (Å²) in [6, 6.07) is 5.38. The minimum absolute atomic E-state index is 0.0383. The van der Waals surface area contributed by atoms with Crippen LogP contribution in [0.3, 0.4) is 0 Å². The standard InChI is InChI=1S/C14H17ClN2O2/c1-13(2)9-6-5-8(7-10(9)17-11(13)18)16-12(19)14(3,4)15/h5-7H,1-4H3,(H,16,19)(H,17,18). The van der Waals surface area contributed by atoms with Crippen LogP contribution in [0.25, 0.3) is 0 Å². The van der Waals surface area contributed by atoms with Crippen molar-refractivity contribution in [2.45, 2.75) is 38.0 Å². The molecule has 0 fully saturated rings. The Kier molecular flexibility index (Phi) is 3.09. The zero-order valence-electron chi connectivity index (χ0n) is 11.4. The molecule has 5 heteroatoms. The first-order valence-electron chi connectivity index (χ1n) is 6.09. The van der Waals surface area contributed by atoms with E-state index in [0.717, 1.165) is 11.3 Å². The van der Waals surface area contributed by atoms with Gasteiger partial charge in [-0.15, -0.1) is 11.6 Å². The molecule has 1 aromatic carbocycles. The summed E-state index contributed by atoms with van der Waals surface area (Å²) in [7, 11) is 0. The minimum Gasteiger partial charge on any atom is -0.325 e. The van der Waals surface area contributed by atoms with Crippen molar-refractivity contribution < 1.29 is 9.59 Å². The molecule has 1 aliphatic heterocycles. The van der Waals surface area contributed by atoms with Crippen molar-refractivity contribution >= 4 is 34.8 Å². The van der Waals surface area contributed by atoms with Gasteiger partial charge in [0.1, 0.15) is 4.87 Å². The SMILES string of the molecule is CC(C)(Cl)C(=O)Nc1ccc2c(c1)NC(=O)C2(C)C. The molecule has 1 aromatic rings. The molecule has 0 atom stereocenters. The number of hydrogen-bond acceptors (Lipinski definition) is 2. The van der Waals surface area contributed by atoms with Crippen LogP contribution in [0.1, 0.15) is 33.3 Å². The number of hydrogen-bond donors (Lipinski definition) is 2. The molecular weight excluding hydrogens is 264 g/mol. The van der Waals surface area contributed by atoms with E-state index in [1.807, 2.05) is 19.9 Å². The first kappa shape index (κ1) is 13.9. The van der Waals surface area contributed by atoms with Gasteiger partial charge in [-0.1, -0.05) is 6.07 Å². The molecular formula is C14H17ClN2O2. The Hall–Kier alpha value is -1.55. The molecule has 0 spiro atoms. The monoisotopic (exact) mass is 280 g/mol. The number of fused-ring (bicyclic) bond motifs is 1. The highest BCUT2D eigenvalue weighted by Gasteiger charge is 2.38. The van der Waals surface area contributed by atoms with Crippen molar-refractivity contribution in [3.05, 3.63) is 23.8 Å². The van der Waals surface area contributed by atoms with Crippen molar-refractivity contribution in [1.29, 1.82) is 0 Å². The van der Waals surface area contributed by atoms with Gasteiger partial charge in [0, 0.05) is 11.4 Å². The zero-order valence-corrected chi connectivity index (χ0v) is 12.2. The second-order valence-corrected chi connectivity index (χ2v) is 6.71. The van der Waals surface area contributed by atoms with Crippen molar-refractivity contribution in [1.82, 2.24) is 0 Å². The minimum atomic E-state index is -0.971. The number of benzene rings is 1. The summed E-state index contributed by atoms with van der Waals surface area (Å²) in [5.41, 5.74) is 1.75. The van der Waals surface area contributed by atoms with Crippen LogP contribution in [0.15, 0.2) is 18.2 Å². The number of rotatable bonds is 2. The van der Waals surface area contributed by atoms with E-state index in [1.54, 1.807) is 26.0 Å². The molecule has 102 valence electrons. The van der Waals surface area contributed by atoms with Crippen molar-refractivity contribution in [3.63, 3.8) is 0 Å². The highest BCUT2D eigenvalue weighted by atomic mass is 35.5. The number of halogens is 1. The van der Waals surface area contributed by atoms with Gasteiger partial charge in [-0.2, -0.15) is 0 Å². The lowest BCUT2D eigenvalue weighted by Crippen LogP contribution is -2.31. The molecule has 19 heavy (non-hydrogen) atoms. The van der Waals surface area contributed by atoms with E-state index in [4.69, 9.17) is 11.6 Å². The van der Waals surface area contributed by atoms with Gasteiger partial charge in [-0.3, -0.25) is 9.59 Å². The van der Waals surface area contributed by atoms with Crippen molar-refractivity contribution in [2.75, 3.05) is 10.6 Å². The van der Waals surface area contributed by atoms with Gasteiger partial charge in [0.15, 0.2) is 0 Å². The molecule has 4 nitrogen and oxygen atoms in total. The Morgan fingerprint density at radius 3 is 2.58 bits per heavy atom. The van der Waals surface area contributed by atoms with Crippen molar-refractivity contribution in [3.8, 4) is 0 Å². The number of alkyl halides is 1. The van der Waals surface area contributed by atoms with Crippen LogP contribution in [-0.2, 0) is 15.0 Å². The number of amides is 2. The Morgan fingerprint density at radius 1 is 1.37 bits per heavy atom. The lowest BCUT2D eigenvalue weighted by atomic mass is 9.86. The maximum Gasteiger partial charge on any atom is 0.244 e. The van der Waals surface area contributed by atoms with Gasteiger partial charge >= 0.3 is 0 Å². The molecule has 0 aromatic heterocycles. The first-order chi connectivity index (χ1) is 8.62. The third-order valence-corrected chi connectivity index (χ3v) is 3.48. The Labute approximate surface area is 117 Å². The Bertz CT molecular complexity index is 559. The molecule has 0 saturated heterocycles. The summed E-state index contributed by atoms with van der Waals surface area (Å²) < 4.78 is 0. The quantitative estimate of drug-likeness (QED) is 0.819. The summed E-state index contributed by atoms with van der Waals surface area (Å²) in [5, 5.41) is 5.55. The average molecular weight is 281 g/mol. The lowest BCUT2D eigenvalue weighted by molar-refractivity contribution is -0.120. The van der Waals surface area contributed by atoms with E-state index in [0.29, 0.717) is 5.69 Å². The van der Waals surface area contributed by atoms with Gasteiger partial charge < -0.3 is 10.6 Å². The first-order valence-corrected chi connectivity index (χ1v) is 6.46. The highest BCUT2D eigenvalue weighted by Crippen LogP contribution is 2.38. The van der Waals surface area contributed by atoms with Crippen molar-refractivity contribution in [2.24, 2.45) is 0 Å². The van der Waals surface area contributed by atoms with Gasteiger partial charge in [0.05, 0.1) is 5.41 Å². The molecule has 0 radical (unpaired) electrons. The second-order valence-electron chi connectivity index (χ2n) is 5.77. The summed E-state index contributed by atoms with van der Waals surface area (Å²) in [6.07, 6.45) is 0. The summed E-state index contributed by atoms with van der Waals surface area (Å²) in [6.45, 7) is 6.99. The molecule has 2 N–H and O–H groups in total. The average Bonchev–Trinajstić information content (AvgIpc) is 2.48. The van der Waals surface area contributed by atoms with Crippen LogP contribution in [-0.4, -0.2) is 16.7 Å². The third kappa shape index (κ3) is 2.45. The Balaban J connectivity index is 2.28. The van der Waals surface area contributed by atoms with Crippen LogP contribution < -0.4 is 10.6 Å². The fourth-order valence-corrected chi connectivity index (χ4v) is 2.00. The van der Waals surface area contributed by atoms with E-state index in [1.165, 1.54) is 0 Å². The number of anilines is 2. The fourth-order valence-electron chi connectivity index (χ4n) is 1.95. The second kappa shape index (κ2) is 4.23. The van der Waals surface area contributed by atoms with E-state index in [2.05, 4.69) is 10.6 Å². The smallest absolute Gasteiger partial charge is 0.244 e. The van der Waals surface area contributed by atoms with Crippen LogP contribution in [0.4, 0.5) is 11.4 Å². The summed E-state index contributed by atoms with van der Waals surface area (Å²) >= 11 is 5.94. The predicted octanol–water partition coefficient (Wildman–Crippen LogP) is 2.87. The maximum absolute atomic E-state index is 11.8. The molecule has 0 unspecified atom stereocenters. The van der Waals surface area contributed by atoms with Gasteiger partial charge in [0.2, 0.25) is 11.8 Å². The van der Waals surface area contributed by atoms with E-state index in [-0.39, 0.29) is 11.8 Å². The normalized spacial score (nSPS) is 16.8. The number of carbonyl (C=O) groups excluding carboxylic acids is 2. The molecule has 1 heterocycles. The van der Waals surface area contributed by atoms with Crippen LogP contribution in [0, 0.1) is 0 Å². The predicted molar refractivity (Wildman–Crippen MR) is 76.7 cm³/mol. The number of nitrogens with one attached hydrogen (secondary N) is 2. The van der Waals surface area contributed by atoms with E-state index in [9.17, 15) is 9.59 Å². The van der Waals surface area contributed by atoms with Crippen LogP contribution >= 0.6 is 11.6 Å². The molecule has 2 amide bonds. The van der Waals surface area contributed by atoms with Crippen LogP contribution in [0.5, 0.6) is 0 Å². The molecule has 2 rings (SSSR count). The summed E-state index contributed by atoms with van der Waals surface area (Å²) in [4.78, 5) is 22.7. The topological polar surface area (TPSA) is 58.2 Å². The van der Waals surface area contributed by atoms with Crippen LogP contribution in [0.2, 0.25) is 0 Å². The molecule has 0 aliphatic carbocycles. The Morgan fingerprint density at radius 2 is 2.00 bits per heavy atom. The van der Waals surface area contributed by atoms with Gasteiger partial charge in [-0.25, -0.2) is 0 Å². The van der Waals surface area contributed by atoms with E-state index >= 15 is 0 Å². The van der Waals surface area contributed by atoms with E-state index < -0.39 is 10.3 Å². The fraction of sp³-hybridized carbons (Fsp3) is 0.429. The summed E-state index contributed by atoms with van der Waals surface area (Å²) in [5.74, 6) is -0.318. The molecule has 0 saturated carbocycles. The third-order valence-electron chi connectivity index (χ3n) is 3.31. The highest BCUT2D eigenvalue weighted by molar-refractivity contribution is 6.36. The maximum atomic E-state index is 11.8. The van der Waals surface area contributed by atoms with Gasteiger partial charge in [-0.05, 0) is 45.4 Å². The molecule has 1 aliphatic rings. The zero-order chi connectivity index (χ0) is 14.4. The van der Waals surface area contributed by atoms with Gasteiger partial charge in [0.25, 0.3) is 0 Å². The largest absolute Gasteiger partial charge is 0.325 e. The molecule has 0 bridgehead atoms.